The predicted octanol–water partition coefficient (Wildman–Crippen LogP) is 3.59. The predicted molar refractivity (Wildman–Crippen MR) is 95.1 cm³/mol. The minimum atomic E-state index is -0.588. The Labute approximate surface area is 148 Å². The molecule has 2 atom stereocenters. The van der Waals surface area contributed by atoms with Gasteiger partial charge < -0.3 is 14.7 Å². The van der Waals surface area contributed by atoms with E-state index in [1.165, 1.54) is 11.1 Å². The third-order valence-corrected chi connectivity index (χ3v) is 5.28. The first-order chi connectivity index (χ1) is 12.0. The van der Waals surface area contributed by atoms with Crippen LogP contribution >= 0.6 is 0 Å². The third-order valence-electron chi connectivity index (χ3n) is 5.28. The topological polar surface area (TPSA) is 49.8 Å². The van der Waals surface area contributed by atoms with Crippen LogP contribution in [0.4, 0.5) is 0 Å². The summed E-state index contributed by atoms with van der Waals surface area (Å²) in [6.45, 7) is 3.96. The Balaban J connectivity index is 1.55. The SMILES string of the molecule is CC1(C)O[C@@H]2Cc3ccccc3[C@@H]2N1C(=O)CCc1ccc(O)cc1. The highest BCUT2D eigenvalue weighted by atomic mass is 16.5. The lowest BCUT2D eigenvalue weighted by Crippen LogP contribution is -2.44. The van der Waals surface area contributed by atoms with Crippen LogP contribution < -0.4 is 0 Å². The highest BCUT2D eigenvalue weighted by Crippen LogP contribution is 2.48. The van der Waals surface area contributed by atoms with Crippen molar-refractivity contribution in [3.8, 4) is 5.75 Å². The number of ether oxygens (including phenoxy) is 1. The fourth-order valence-corrected chi connectivity index (χ4v) is 4.20. The first-order valence-electron chi connectivity index (χ1n) is 8.81. The van der Waals surface area contributed by atoms with Gasteiger partial charge in [-0.05, 0) is 49.1 Å². The minimum Gasteiger partial charge on any atom is -0.508 e. The van der Waals surface area contributed by atoms with Crippen LogP contribution in [0.3, 0.4) is 0 Å². The summed E-state index contributed by atoms with van der Waals surface area (Å²) in [4.78, 5) is 15.0. The molecule has 4 nitrogen and oxygen atoms in total. The number of benzene rings is 2. The van der Waals surface area contributed by atoms with Crippen LogP contribution in [-0.2, 0) is 22.4 Å². The van der Waals surface area contributed by atoms with E-state index in [0.29, 0.717) is 12.8 Å². The number of rotatable bonds is 3. The van der Waals surface area contributed by atoms with Crippen molar-refractivity contribution in [1.29, 1.82) is 0 Å². The van der Waals surface area contributed by atoms with Crippen LogP contribution in [0.5, 0.6) is 5.75 Å². The molecule has 1 saturated heterocycles. The summed E-state index contributed by atoms with van der Waals surface area (Å²) < 4.78 is 6.23. The Morgan fingerprint density at radius 1 is 1.20 bits per heavy atom. The van der Waals surface area contributed by atoms with Crippen LogP contribution in [0.25, 0.3) is 0 Å². The lowest BCUT2D eigenvalue weighted by Gasteiger charge is -2.34. The number of carbonyl (C=O) groups is 1. The quantitative estimate of drug-likeness (QED) is 0.931. The molecule has 2 aromatic carbocycles. The number of nitrogens with zero attached hydrogens (tertiary/aromatic N) is 1. The number of phenolic OH excluding ortho intramolecular Hbond substituents is 1. The molecule has 1 fully saturated rings. The van der Waals surface area contributed by atoms with E-state index in [4.69, 9.17) is 4.74 Å². The third kappa shape index (κ3) is 2.81. The van der Waals surface area contributed by atoms with Crippen LogP contribution in [-0.4, -0.2) is 27.7 Å². The molecule has 0 bridgehead atoms. The first-order valence-corrected chi connectivity index (χ1v) is 8.81. The number of aryl methyl sites for hydroxylation is 1. The Kier molecular flexibility index (Phi) is 3.80. The van der Waals surface area contributed by atoms with Gasteiger partial charge in [0.15, 0.2) is 0 Å². The van der Waals surface area contributed by atoms with E-state index in [9.17, 15) is 9.90 Å². The molecule has 0 unspecified atom stereocenters. The van der Waals surface area contributed by atoms with E-state index in [-0.39, 0.29) is 23.8 Å². The van der Waals surface area contributed by atoms with Crippen LogP contribution in [0.1, 0.15) is 43.0 Å². The number of phenols is 1. The number of carbonyl (C=O) groups excluding carboxylic acids is 1. The molecular formula is C21H23NO3. The average Bonchev–Trinajstić information content (AvgIpc) is 3.04. The summed E-state index contributed by atoms with van der Waals surface area (Å²) in [6, 6.07) is 15.4. The smallest absolute Gasteiger partial charge is 0.225 e. The molecule has 2 aliphatic rings. The van der Waals surface area contributed by atoms with Gasteiger partial charge in [0.2, 0.25) is 5.91 Å². The second-order valence-corrected chi connectivity index (χ2v) is 7.38. The second kappa shape index (κ2) is 5.88. The number of fused-ring (bicyclic) bond motifs is 3. The minimum absolute atomic E-state index is 0.0125. The molecule has 1 amide bonds. The monoisotopic (exact) mass is 337 g/mol. The summed E-state index contributed by atoms with van der Waals surface area (Å²) in [5.74, 6) is 0.358. The van der Waals surface area contributed by atoms with E-state index in [1.807, 2.05) is 43.0 Å². The van der Waals surface area contributed by atoms with Crippen LogP contribution in [0, 0.1) is 0 Å². The van der Waals surface area contributed by atoms with Crippen molar-refractivity contribution in [3.05, 3.63) is 65.2 Å². The van der Waals surface area contributed by atoms with Gasteiger partial charge in [0.05, 0.1) is 12.1 Å². The fourth-order valence-electron chi connectivity index (χ4n) is 4.20. The standard InChI is InChI=1S/C21H23NO3/c1-21(2)22(19(24)12-9-14-7-10-16(23)11-8-14)20-17-6-4-3-5-15(17)13-18(20)25-21/h3-8,10-11,18,20,23H,9,12-13H2,1-2H3/t18-,20+/m1/s1. The van der Waals surface area contributed by atoms with Gasteiger partial charge in [0, 0.05) is 12.8 Å². The molecule has 0 radical (unpaired) electrons. The highest BCUT2D eigenvalue weighted by Gasteiger charge is 2.53. The largest absolute Gasteiger partial charge is 0.508 e. The van der Waals surface area contributed by atoms with Gasteiger partial charge in [-0.15, -0.1) is 0 Å². The Morgan fingerprint density at radius 3 is 2.68 bits per heavy atom. The van der Waals surface area contributed by atoms with E-state index in [2.05, 4.69) is 12.1 Å². The summed E-state index contributed by atoms with van der Waals surface area (Å²) in [5.41, 5.74) is 2.96. The zero-order chi connectivity index (χ0) is 17.6. The molecule has 1 aliphatic carbocycles. The Bertz CT molecular complexity index is 797. The van der Waals surface area contributed by atoms with Crippen molar-refractivity contribution in [1.82, 2.24) is 4.90 Å². The lowest BCUT2D eigenvalue weighted by molar-refractivity contribution is -0.147. The molecule has 25 heavy (non-hydrogen) atoms. The zero-order valence-corrected chi connectivity index (χ0v) is 14.6. The van der Waals surface area contributed by atoms with E-state index in [1.54, 1.807) is 12.1 Å². The Morgan fingerprint density at radius 2 is 1.92 bits per heavy atom. The molecule has 0 saturated carbocycles. The molecule has 1 N–H and O–H groups in total. The van der Waals surface area contributed by atoms with Gasteiger partial charge in [-0.1, -0.05) is 36.4 Å². The second-order valence-electron chi connectivity index (χ2n) is 7.38. The van der Waals surface area contributed by atoms with E-state index in [0.717, 1.165) is 12.0 Å². The van der Waals surface area contributed by atoms with Crippen molar-refractivity contribution < 1.29 is 14.6 Å². The maximum Gasteiger partial charge on any atom is 0.225 e. The van der Waals surface area contributed by atoms with Crippen LogP contribution in [0.2, 0.25) is 0 Å². The molecule has 2 aromatic rings. The van der Waals surface area contributed by atoms with Crippen LogP contribution in [0.15, 0.2) is 48.5 Å². The summed E-state index contributed by atoms with van der Waals surface area (Å²) >= 11 is 0. The number of hydrogen-bond acceptors (Lipinski definition) is 3. The van der Waals surface area contributed by atoms with Gasteiger partial charge in [-0.3, -0.25) is 4.79 Å². The number of aromatic hydroxyl groups is 1. The molecule has 1 heterocycles. The summed E-state index contributed by atoms with van der Waals surface area (Å²) in [5, 5.41) is 9.38. The molecular weight excluding hydrogens is 314 g/mol. The van der Waals surface area contributed by atoms with Gasteiger partial charge in [0.25, 0.3) is 0 Å². The van der Waals surface area contributed by atoms with Gasteiger partial charge in [0.1, 0.15) is 11.5 Å². The van der Waals surface area contributed by atoms with Gasteiger partial charge in [-0.25, -0.2) is 0 Å². The van der Waals surface area contributed by atoms with Crippen molar-refractivity contribution in [2.45, 2.75) is 51.0 Å². The maximum absolute atomic E-state index is 13.1. The highest BCUT2D eigenvalue weighted by molar-refractivity contribution is 5.78. The Hall–Kier alpha value is -2.33. The maximum atomic E-state index is 13.1. The normalized spacial score (nSPS) is 23.4. The van der Waals surface area contributed by atoms with Crippen molar-refractivity contribution >= 4 is 5.91 Å². The van der Waals surface area contributed by atoms with Crippen molar-refractivity contribution in [2.75, 3.05) is 0 Å². The molecule has 0 spiro atoms. The molecule has 130 valence electrons. The zero-order valence-electron chi connectivity index (χ0n) is 14.6. The van der Waals surface area contributed by atoms with E-state index < -0.39 is 5.72 Å². The fraction of sp³-hybridized carbons (Fsp3) is 0.381. The van der Waals surface area contributed by atoms with Gasteiger partial charge in [-0.2, -0.15) is 0 Å². The first kappa shape index (κ1) is 16.2. The number of amides is 1. The van der Waals surface area contributed by atoms with Crippen molar-refractivity contribution in [3.63, 3.8) is 0 Å². The lowest BCUT2D eigenvalue weighted by atomic mass is 10.0. The van der Waals surface area contributed by atoms with Crippen molar-refractivity contribution in [2.24, 2.45) is 0 Å². The average molecular weight is 337 g/mol. The van der Waals surface area contributed by atoms with Gasteiger partial charge >= 0.3 is 0 Å². The molecule has 1 aliphatic heterocycles. The molecule has 4 heteroatoms. The molecule has 0 aromatic heterocycles. The molecule has 4 rings (SSSR count). The summed E-state index contributed by atoms with van der Waals surface area (Å²) in [7, 11) is 0. The summed E-state index contributed by atoms with van der Waals surface area (Å²) in [6.07, 6.45) is 2.00. The van der Waals surface area contributed by atoms with E-state index >= 15 is 0 Å². The number of hydrogen-bond donors (Lipinski definition) is 1.